The summed E-state index contributed by atoms with van der Waals surface area (Å²) < 4.78 is 26.3. The summed E-state index contributed by atoms with van der Waals surface area (Å²) in [4.78, 5) is 9.29. The highest BCUT2D eigenvalue weighted by molar-refractivity contribution is 5.75. The van der Waals surface area contributed by atoms with Crippen LogP contribution in [-0.4, -0.2) is 39.7 Å². The highest BCUT2D eigenvalue weighted by atomic mass is 19.2. The van der Waals surface area contributed by atoms with Crippen LogP contribution in [0.4, 0.5) is 8.78 Å². The van der Waals surface area contributed by atoms with E-state index in [1.165, 1.54) is 0 Å². The van der Waals surface area contributed by atoms with E-state index in [1.807, 2.05) is 18.7 Å². The van der Waals surface area contributed by atoms with E-state index in [9.17, 15) is 8.78 Å². The molecule has 1 aromatic heterocycles. The fourth-order valence-electron chi connectivity index (χ4n) is 2.15. The third-order valence-corrected chi connectivity index (χ3v) is 3.28. The minimum Gasteiger partial charge on any atom is -0.395 e. The molecule has 1 heterocycles. The first kappa shape index (κ1) is 13.9. The number of hydrogen-bond donors (Lipinski definition) is 2. The Morgan fingerprint density at radius 3 is 2.68 bits per heavy atom. The van der Waals surface area contributed by atoms with Gasteiger partial charge in [-0.05, 0) is 13.5 Å². The quantitative estimate of drug-likeness (QED) is 0.875. The molecule has 0 aliphatic heterocycles. The van der Waals surface area contributed by atoms with Gasteiger partial charge in [-0.2, -0.15) is 0 Å². The molecule has 0 aliphatic rings. The van der Waals surface area contributed by atoms with Crippen molar-refractivity contribution in [3.63, 3.8) is 0 Å². The molecule has 1 aromatic carbocycles. The van der Waals surface area contributed by atoms with Crippen molar-refractivity contribution in [3.8, 4) is 0 Å². The van der Waals surface area contributed by atoms with Crippen molar-refractivity contribution in [2.75, 3.05) is 19.7 Å². The first-order chi connectivity index (χ1) is 9.06. The van der Waals surface area contributed by atoms with Gasteiger partial charge in [-0.25, -0.2) is 13.8 Å². The average Bonchev–Trinajstić information content (AvgIpc) is 2.78. The van der Waals surface area contributed by atoms with Gasteiger partial charge in [-0.3, -0.25) is 4.90 Å². The summed E-state index contributed by atoms with van der Waals surface area (Å²) in [7, 11) is 0. The largest absolute Gasteiger partial charge is 0.395 e. The molecule has 19 heavy (non-hydrogen) atoms. The van der Waals surface area contributed by atoms with E-state index in [-0.39, 0.29) is 12.6 Å². The lowest BCUT2D eigenvalue weighted by molar-refractivity contribution is 0.161. The van der Waals surface area contributed by atoms with Crippen LogP contribution >= 0.6 is 0 Å². The summed E-state index contributed by atoms with van der Waals surface area (Å²) in [5.74, 6) is -1.16. The first-order valence-electron chi connectivity index (χ1n) is 6.26. The molecule has 0 saturated carbocycles. The molecule has 4 nitrogen and oxygen atoms in total. The van der Waals surface area contributed by atoms with E-state index < -0.39 is 11.6 Å². The summed E-state index contributed by atoms with van der Waals surface area (Å²) in [6.07, 6.45) is 0. The molecular formula is C13H17F2N3O. The lowest BCUT2D eigenvalue weighted by Crippen LogP contribution is -2.30. The van der Waals surface area contributed by atoms with Crippen molar-refractivity contribution in [1.82, 2.24) is 14.9 Å². The number of fused-ring (bicyclic) bond motifs is 1. The minimum absolute atomic E-state index is 0.0572. The number of hydrogen-bond acceptors (Lipinski definition) is 3. The molecule has 6 heteroatoms. The monoisotopic (exact) mass is 269 g/mol. The van der Waals surface area contributed by atoms with Crippen LogP contribution in [0.1, 0.15) is 25.7 Å². The lowest BCUT2D eigenvalue weighted by atomic mass is 10.2. The smallest absolute Gasteiger partial charge is 0.161 e. The van der Waals surface area contributed by atoms with Crippen LogP contribution in [0.3, 0.4) is 0 Å². The third-order valence-electron chi connectivity index (χ3n) is 3.28. The molecular weight excluding hydrogens is 252 g/mol. The molecule has 0 amide bonds. The van der Waals surface area contributed by atoms with Crippen molar-refractivity contribution in [2.24, 2.45) is 0 Å². The predicted molar refractivity (Wildman–Crippen MR) is 68.8 cm³/mol. The van der Waals surface area contributed by atoms with Crippen LogP contribution in [0.5, 0.6) is 0 Å². The second-order valence-electron chi connectivity index (χ2n) is 4.43. The van der Waals surface area contributed by atoms with Gasteiger partial charge in [0.15, 0.2) is 11.6 Å². The second-order valence-corrected chi connectivity index (χ2v) is 4.43. The van der Waals surface area contributed by atoms with Gasteiger partial charge in [-0.15, -0.1) is 0 Å². The van der Waals surface area contributed by atoms with Crippen molar-refractivity contribution in [2.45, 2.75) is 19.9 Å². The number of likely N-dealkylation sites (N-methyl/N-ethyl adjacent to an activating group) is 1. The van der Waals surface area contributed by atoms with Gasteiger partial charge in [0.25, 0.3) is 0 Å². The van der Waals surface area contributed by atoms with Crippen molar-refractivity contribution >= 4 is 11.0 Å². The summed E-state index contributed by atoms with van der Waals surface area (Å²) in [5.41, 5.74) is 0.876. The molecule has 2 N–H and O–H groups in total. The van der Waals surface area contributed by atoms with Gasteiger partial charge < -0.3 is 10.1 Å². The van der Waals surface area contributed by atoms with E-state index in [1.54, 1.807) is 0 Å². The zero-order valence-corrected chi connectivity index (χ0v) is 11.0. The molecule has 104 valence electrons. The number of aromatic nitrogens is 2. The summed E-state index contributed by atoms with van der Waals surface area (Å²) in [6.45, 7) is 5.25. The number of halogens is 2. The van der Waals surface area contributed by atoms with Crippen LogP contribution in [0, 0.1) is 11.6 Å². The van der Waals surface area contributed by atoms with E-state index in [4.69, 9.17) is 5.11 Å². The number of benzene rings is 1. The van der Waals surface area contributed by atoms with Gasteiger partial charge in [-0.1, -0.05) is 6.92 Å². The van der Waals surface area contributed by atoms with Crippen LogP contribution in [0.15, 0.2) is 12.1 Å². The number of aliphatic hydroxyl groups excluding tert-OH is 1. The van der Waals surface area contributed by atoms with Crippen molar-refractivity contribution in [1.29, 1.82) is 0 Å². The Morgan fingerprint density at radius 1 is 1.37 bits per heavy atom. The number of H-pyrrole nitrogens is 1. The fraction of sp³-hybridized carbons (Fsp3) is 0.462. The van der Waals surface area contributed by atoms with E-state index in [2.05, 4.69) is 9.97 Å². The van der Waals surface area contributed by atoms with Crippen LogP contribution in [-0.2, 0) is 0 Å². The average molecular weight is 269 g/mol. The van der Waals surface area contributed by atoms with Crippen molar-refractivity contribution < 1.29 is 13.9 Å². The Labute approximate surface area is 110 Å². The Bertz CT molecular complexity index is 531. The topological polar surface area (TPSA) is 52.1 Å². The van der Waals surface area contributed by atoms with Gasteiger partial charge in [0.1, 0.15) is 5.82 Å². The molecule has 2 rings (SSSR count). The fourth-order valence-corrected chi connectivity index (χ4v) is 2.15. The summed E-state index contributed by atoms with van der Waals surface area (Å²) >= 11 is 0. The normalized spacial score (nSPS) is 13.4. The number of nitrogens with one attached hydrogen (secondary N) is 1. The van der Waals surface area contributed by atoms with Crippen LogP contribution in [0.25, 0.3) is 11.0 Å². The highest BCUT2D eigenvalue weighted by Crippen LogP contribution is 2.22. The van der Waals surface area contributed by atoms with E-state index in [0.29, 0.717) is 23.4 Å². The van der Waals surface area contributed by atoms with Gasteiger partial charge in [0, 0.05) is 18.7 Å². The summed E-state index contributed by atoms with van der Waals surface area (Å²) in [5, 5.41) is 9.00. The van der Waals surface area contributed by atoms with E-state index >= 15 is 0 Å². The van der Waals surface area contributed by atoms with Crippen LogP contribution in [0.2, 0.25) is 0 Å². The minimum atomic E-state index is -0.902. The molecule has 0 fully saturated rings. The molecule has 1 atom stereocenters. The number of aliphatic hydroxyl groups is 1. The number of nitrogens with zero attached hydrogens (tertiary/aromatic N) is 2. The third kappa shape index (κ3) is 2.74. The summed E-state index contributed by atoms with van der Waals surface area (Å²) in [6, 6.07) is 2.13. The zero-order chi connectivity index (χ0) is 14.0. The first-order valence-corrected chi connectivity index (χ1v) is 6.26. The maximum atomic E-state index is 13.1. The highest BCUT2D eigenvalue weighted by Gasteiger charge is 2.18. The van der Waals surface area contributed by atoms with Crippen LogP contribution < -0.4 is 0 Å². The Hall–Kier alpha value is -1.53. The molecule has 2 aromatic rings. The molecule has 0 bridgehead atoms. The zero-order valence-electron chi connectivity index (χ0n) is 11.0. The lowest BCUT2D eigenvalue weighted by Gasteiger charge is -2.25. The Morgan fingerprint density at radius 2 is 2.05 bits per heavy atom. The SMILES string of the molecule is CCN(CCO)C(C)c1nc2cc(F)c(F)cc2[nH]1. The molecule has 0 saturated heterocycles. The maximum Gasteiger partial charge on any atom is 0.161 e. The maximum absolute atomic E-state index is 13.1. The van der Waals surface area contributed by atoms with Gasteiger partial charge in [0.2, 0.25) is 0 Å². The number of imidazole rings is 1. The number of rotatable bonds is 5. The van der Waals surface area contributed by atoms with Gasteiger partial charge >= 0.3 is 0 Å². The van der Waals surface area contributed by atoms with Gasteiger partial charge in [0.05, 0.1) is 23.7 Å². The Balaban J connectivity index is 2.34. The van der Waals surface area contributed by atoms with E-state index in [0.717, 1.165) is 18.7 Å². The predicted octanol–water partition coefficient (Wildman–Crippen LogP) is 2.22. The molecule has 0 spiro atoms. The Kier molecular flexibility index (Phi) is 4.11. The number of aromatic amines is 1. The standard InChI is InChI=1S/C13H17F2N3O/c1-3-18(4-5-19)8(2)13-16-11-6-9(14)10(15)7-12(11)17-13/h6-8,19H,3-5H2,1-2H3,(H,16,17). The van der Waals surface area contributed by atoms with Crippen molar-refractivity contribution in [3.05, 3.63) is 29.6 Å². The molecule has 0 radical (unpaired) electrons. The second kappa shape index (κ2) is 5.63. The molecule has 0 aliphatic carbocycles. The molecule has 1 unspecified atom stereocenters.